The number of hydrogen-bond acceptors (Lipinski definition) is 3. The van der Waals surface area contributed by atoms with Crippen LogP contribution in [0.3, 0.4) is 0 Å². The number of amides is 1. The normalized spacial score (nSPS) is 11.4. The van der Waals surface area contributed by atoms with Gasteiger partial charge in [-0.1, -0.05) is 22.0 Å². The summed E-state index contributed by atoms with van der Waals surface area (Å²) in [4.78, 5) is 11.2. The molecule has 1 aromatic rings. The van der Waals surface area contributed by atoms with Crippen molar-refractivity contribution in [3.8, 4) is 11.8 Å². The number of halogens is 1. The fourth-order valence-corrected chi connectivity index (χ4v) is 1.36. The van der Waals surface area contributed by atoms with E-state index in [9.17, 15) is 4.79 Å². The zero-order chi connectivity index (χ0) is 13.4. The molecule has 0 radical (unpaired) electrons. The third-order valence-electron chi connectivity index (χ3n) is 2.16. The van der Waals surface area contributed by atoms with E-state index in [1.807, 2.05) is 12.1 Å². The molecule has 0 aliphatic carbocycles. The Morgan fingerprint density at radius 3 is 3.06 bits per heavy atom. The van der Waals surface area contributed by atoms with Crippen LogP contribution >= 0.6 is 15.9 Å². The molecule has 0 saturated heterocycles. The fourth-order valence-electron chi connectivity index (χ4n) is 1.25. The zero-order valence-corrected chi connectivity index (χ0v) is 11.7. The monoisotopic (exact) mass is 310 g/mol. The number of benzene rings is 1. The fraction of sp³-hybridized carbons (Fsp3) is 0.385. The van der Waals surface area contributed by atoms with Crippen molar-refractivity contribution < 1.29 is 9.53 Å². The Labute approximate surface area is 115 Å². The Bertz CT molecular complexity index is 441. The van der Waals surface area contributed by atoms with Gasteiger partial charge in [0.05, 0.1) is 17.5 Å². The van der Waals surface area contributed by atoms with Gasteiger partial charge in [0.2, 0.25) is 5.91 Å². The van der Waals surface area contributed by atoms with Crippen LogP contribution in [0.15, 0.2) is 24.3 Å². The van der Waals surface area contributed by atoms with Crippen LogP contribution in [0.5, 0.6) is 5.75 Å². The molecule has 1 amide bonds. The summed E-state index contributed by atoms with van der Waals surface area (Å²) in [7, 11) is 0. The summed E-state index contributed by atoms with van der Waals surface area (Å²) in [6.07, 6.45) is 1.18. The van der Waals surface area contributed by atoms with Gasteiger partial charge in [-0.25, -0.2) is 0 Å². The van der Waals surface area contributed by atoms with Crippen LogP contribution in [0, 0.1) is 11.3 Å². The molecule has 0 heterocycles. The van der Waals surface area contributed by atoms with Crippen molar-refractivity contribution in [2.45, 2.75) is 24.6 Å². The topological polar surface area (TPSA) is 62.1 Å². The molecule has 18 heavy (non-hydrogen) atoms. The van der Waals surface area contributed by atoms with E-state index in [4.69, 9.17) is 10.00 Å². The highest BCUT2D eigenvalue weighted by atomic mass is 79.9. The number of anilines is 1. The Balaban J connectivity index is 2.52. The molecule has 4 nitrogen and oxygen atoms in total. The molecule has 0 spiro atoms. The van der Waals surface area contributed by atoms with Crippen LogP contribution in [0.25, 0.3) is 0 Å². The van der Waals surface area contributed by atoms with E-state index in [1.165, 1.54) is 0 Å². The van der Waals surface area contributed by atoms with E-state index in [0.29, 0.717) is 30.9 Å². The van der Waals surface area contributed by atoms with Crippen molar-refractivity contribution in [3.63, 3.8) is 0 Å². The summed E-state index contributed by atoms with van der Waals surface area (Å²) in [6.45, 7) is 2.26. The first-order chi connectivity index (χ1) is 8.63. The van der Waals surface area contributed by atoms with Crippen molar-refractivity contribution in [3.05, 3.63) is 24.3 Å². The third kappa shape index (κ3) is 5.19. The first kappa shape index (κ1) is 14.5. The Morgan fingerprint density at radius 1 is 1.61 bits per heavy atom. The van der Waals surface area contributed by atoms with Gasteiger partial charge in [-0.05, 0) is 25.5 Å². The molecule has 5 heteroatoms. The Morgan fingerprint density at radius 2 is 2.39 bits per heavy atom. The molecule has 0 fully saturated rings. The number of carbonyl (C=O) groups is 1. The van der Waals surface area contributed by atoms with Gasteiger partial charge < -0.3 is 10.1 Å². The molecule has 1 N–H and O–H groups in total. The summed E-state index contributed by atoms with van der Waals surface area (Å²) >= 11 is 3.20. The number of nitrogens with one attached hydrogen (secondary N) is 1. The summed E-state index contributed by atoms with van der Waals surface area (Å²) in [5.74, 6) is 0.588. The van der Waals surface area contributed by atoms with Gasteiger partial charge in [0, 0.05) is 18.2 Å². The van der Waals surface area contributed by atoms with Crippen LogP contribution < -0.4 is 10.1 Å². The minimum Gasteiger partial charge on any atom is -0.493 e. The highest BCUT2D eigenvalue weighted by molar-refractivity contribution is 9.10. The Hall–Kier alpha value is -1.54. The molecule has 0 aliphatic rings. The number of nitrogens with zero attached hydrogens (tertiary/aromatic N) is 1. The van der Waals surface area contributed by atoms with Crippen LogP contribution in [-0.2, 0) is 4.79 Å². The lowest BCUT2D eigenvalue weighted by molar-refractivity contribution is -0.115. The standard InChI is InChI=1S/C13H15BrN2O2/c1-10(14)13(17)16-11-5-4-6-12(9-11)18-8-3-2-7-15/h4-6,9-10H,2-3,8H2,1H3,(H,16,17). The molecule has 1 rings (SSSR count). The van der Waals surface area contributed by atoms with Crippen molar-refractivity contribution in [1.82, 2.24) is 0 Å². The minimum absolute atomic E-state index is 0.100. The van der Waals surface area contributed by atoms with Crippen molar-refractivity contribution in [2.75, 3.05) is 11.9 Å². The number of unbranched alkanes of at least 4 members (excludes halogenated alkanes) is 1. The summed E-state index contributed by atoms with van der Waals surface area (Å²) in [5, 5.41) is 11.2. The van der Waals surface area contributed by atoms with E-state index in [1.54, 1.807) is 19.1 Å². The van der Waals surface area contributed by atoms with Gasteiger partial charge in [-0.15, -0.1) is 0 Å². The first-order valence-electron chi connectivity index (χ1n) is 5.68. The second kappa shape index (κ2) is 7.72. The minimum atomic E-state index is -0.238. The van der Waals surface area contributed by atoms with Crippen LogP contribution in [-0.4, -0.2) is 17.3 Å². The van der Waals surface area contributed by atoms with Crippen LogP contribution in [0.4, 0.5) is 5.69 Å². The average molecular weight is 311 g/mol. The average Bonchev–Trinajstić information content (AvgIpc) is 2.35. The van der Waals surface area contributed by atoms with E-state index in [0.717, 1.165) is 0 Å². The molecule has 0 saturated carbocycles. The maximum absolute atomic E-state index is 11.5. The number of carbonyl (C=O) groups excluding carboxylic acids is 1. The lowest BCUT2D eigenvalue weighted by Gasteiger charge is -2.09. The van der Waals surface area contributed by atoms with Gasteiger partial charge in [0.1, 0.15) is 5.75 Å². The number of nitriles is 1. The molecular weight excluding hydrogens is 296 g/mol. The molecule has 1 atom stereocenters. The maximum Gasteiger partial charge on any atom is 0.237 e. The molecule has 0 bridgehead atoms. The van der Waals surface area contributed by atoms with Crippen LogP contribution in [0.1, 0.15) is 19.8 Å². The summed E-state index contributed by atoms with van der Waals surface area (Å²) in [6, 6.07) is 9.26. The molecule has 0 aromatic heterocycles. The van der Waals surface area contributed by atoms with Gasteiger partial charge in [-0.3, -0.25) is 4.79 Å². The molecule has 96 valence electrons. The van der Waals surface area contributed by atoms with Crippen molar-refractivity contribution in [1.29, 1.82) is 5.26 Å². The SMILES string of the molecule is CC(Br)C(=O)Nc1cccc(OCCCC#N)c1. The largest absolute Gasteiger partial charge is 0.493 e. The number of rotatable bonds is 6. The lowest BCUT2D eigenvalue weighted by atomic mass is 10.3. The zero-order valence-electron chi connectivity index (χ0n) is 10.1. The highest BCUT2D eigenvalue weighted by Crippen LogP contribution is 2.18. The number of ether oxygens (including phenoxy) is 1. The highest BCUT2D eigenvalue weighted by Gasteiger charge is 2.08. The maximum atomic E-state index is 11.5. The number of alkyl halides is 1. The van der Waals surface area contributed by atoms with Gasteiger partial charge in [-0.2, -0.15) is 5.26 Å². The van der Waals surface area contributed by atoms with Crippen LogP contribution in [0.2, 0.25) is 0 Å². The van der Waals surface area contributed by atoms with Gasteiger partial charge >= 0.3 is 0 Å². The lowest BCUT2D eigenvalue weighted by Crippen LogP contribution is -2.19. The van der Waals surface area contributed by atoms with E-state index >= 15 is 0 Å². The summed E-state index contributed by atoms with van der Waals surface area (Å²) < 4.78 is 5.48. The van der Waals surface area contributed by atoms with Crippen molar-refractivity contribution in [2.24, 2.45) is 0 Å². The van der Waals surface area contributed by atoms with E-state index < -0.39 is 0 Å². The first-order valence-corrected chi connectivity index (χ1v) is 6.60. The van der Waals surface area contributed by atoms with E-state index in [-0.39, 0.29) is 10.7 Å². The Kier molecular flexibility index (Phi) is 6.23. The smallest absolute Gasteiger partial charge is 0.237 e. The summed E-state index contributed by atoms with van der Waals surface area (Å²) in [5.41, 5.74) is 0.698. The second-order valence-corrected chi connectivity index (χ2v) is 5.12. The molecule has 1 unspecified atom stereocenters. The predicted molar refractivity (Wildman–Crippen MR) is 73.8 cm³/mol. The van der Waals surface area contributed by atoms with E-state index in [2.05, 4.69) is 27.3 Å². The molecular formula is C13H15BrN2O2. The van der Waals surface area contributed by atoms with Gasteiger partial charge in [0.15, 0.2) is 0 Å². The van der Waals surface area contributed by atoms with Crippen molar-refractivity contribution >= 4 is 27.5 Å². The van der Waals surface area contributed by atoms with Gasteiger partial charge in [0.25, 0.3) is 0 Å². The molecule has 0 aliphatic heterocycles. The molecule has 1 aromatic carbocycles. The second-order valence-electron chi connectivity index (χ2n) is 3.74. The quantitative estimate of drug-likeness (QED) is 0.648. The third-order valence-corrected chi connectivity index (χ3v) is 2.58. The number of hydrogen-bond donors (Lipinski definition) is 1. The predicted octanol–water partition coefficient (Wildman–Crippen LogP) is 3.09.